The van der Waals surface area contributed by atoms with Crippen LogP contribution >= 0.6 is 0 Å². The summed E-state index contributed by atoms with van der Waals surface area (Å²) >= 11 is 0. The second-order valence-corrected chi connectivity index (χ2v) is 11.2. The molecule has 3 rings (SSSR count). The van der Waals surface area contributed by atoms with Gasteiger partial charge < -0.3 is 9.64 Å². The van der Waals surface area contributed by atoms with Crippen LogP contribution in [-0.2, 0) is 21.2 Å². The van der Waals surface area contributed by atoms with Crippen LogP contribution in [0, 0.1) is 17.3 Å². The molecule has 3 atom stereocenters. The van der Waals surface area contributed by atoms with Gasteiger partial charge in [0.2, 0.25) is 5.91 Å². The Labute approximate surface area is 168 Å². The minimum atomic E-state index is -3.07. The number of sulfone groups is 1. The van der Waals surface area contributed by atoms with Gasteiger partial charge in [-0.25, -0.2) is 8.42 Å². The van der Waals surface area contributed by atoms with Gasteiger partial charge in [-0.2, -0.15) is 0 Å². The van der Waals surface area contributed by atoms with E-state index < -0.39 is 9.84 Å². The van der Waals surface area contributed by atoms with Crippen LogP contribution in [-0.4, -0.2) is 43.9 Å². The lowest BCUT2D eigenvalue weighted by atomic mass is 10.1. The number of carbonyl (C=O) groups excluding carboxylic acids is 1. The molecule has 0 aromatic heterocycles. The zero-order chi connectivity index (χ0) is 20.7. The largest absolute Gasteiger partial charge is 0.497 e. The summed E-state index contributed by atoms with van der Waals surface area (Å²) in [5.41, 5.74) is 2.10. The number of methoxy groups -OCH3 is 1. The van der Waals surface area contributed by atoms with E-state index in [0.717, 1.165) is 11.3 Å². The van der Waals surface area contributed by atoms with Crippen molar-refractivity contribution in [2.45, 2.75) is 46.7 Å². The third kappa shape index (κ3) is 4.27. The Morgan fingerprint density at radius 2 is 1.89 bits per heavy atom. The first-order valence-electron chi connectivity index (χ1n) is 9.84. The quantitative estimate of drug-likeness (QED) is 0.680. The SMILES string of the molecule is COc1ccc(CN(C(=O)C2C(C=C(C)C)C2(C)C)C2CCS(=O)(=O)C2)cc1. The first-order valence-corrected chi connectivity index (χ1v) is 11.7. The fourth-order valence-corrected chi connectivity index (χ4v) is 6.06. The van der Waals surface area contributed by atoms with E-state index in [-0.39, 0.29) is 40.7 Å². The molecule has 1 aromatic rings. The van der Waals surface area contributed by atoms with Crippen LogP contribution in [0.3, 0.4) is 0 Å². The van der Waals surface area contributed by atoms with E-state index >= 15 is 0 Å². The number of rotatable bonds is 6. The summed E-state index contributed by atoms with van der Waals surface area (Å²) < 4.78 is 29.3. The van der Waals surface area contributed by atoms with Crippen molar-refractivity contribution in [2.75, 3.05) is 18.6 Å². The lowest BCUT2D eigenvalue weighted by Gasteiger charge is -2.29. The van der Waals surface area contributed by atoms with Crippen molar-refractivity contribution in [1.82, 2.24) is 4.90 Å². The Bertz CT molecular complexity index is 866. The van der Waals surface area contributed by atoms with Crippen molar-refractivity contribution < 1.29 is 17.9 Å². The molecule has 0 bridgehead atoms. The number of nitrogens with zero attached hydrogens (tertiary/aromatic N) is 1. The predicted molar refractivity (Wildman–Crippen MR) is 111 cm³/mol. The van der Waals surface area contributed by atoms with E-state index in [4.69, 9.17) is 4.74 Å². The third-order valence-electron chi connectivity index (χ3n) is 6.13. The molecule has 1 aliphatic carbocycles. The number of benzene rings is 1. The molecular weight excluding hydrogens is 374 g/mol. The van der Waals surface area contributed by atoms with Crippen LogP contribution < -0.4 is 4.74 Å². The second-order valence-electron chi connectivity index (χ2n) is 8.94. The Morgan fingerprint density at radius 1 is 1.25 bits per heavy atom. The molecule has 1 saturated heterocycles. The molecule has 1 aliphatic heterocycles. The highest BCUT2D eigenvalue weighted by Crippen LogP contribution is 2.60. The molecule has 3 unspecified atom stereocenters. The Morgan fingerprint density at radius 3 is 2.39 bits per heavy atom. The first kappa shape index (κ1) is 20.9. The molecular formula is C22H31NO4S. The topological polar surface area (TPSA) is 63.7 Å². The summed E-state index contributed by atoms with van der Waals surface area (Å²) in [6.45, 7) is 8.77. The van der Waals surface area contributed by atoms with Crippen molar-refractivity contribution in [3.05, 3.63) is 41.5 Å². The summed E-state index contributed by atoms with van der Waals surface area (Å²) in [5.74, 6) is 1.18. The van der Waals surface area contributed by atoms with Gasteiger partial charge >= 0.3 is 0 Å². The second kappa shape index (κ2) is 7.54. The van der Waals surface area contributed by atoms with Crippen LogP contribution in [0.4, 0.5) is 0 Å². The number of hydrogen-bond acceptors (Lipinski definition) is 4. The van der Waals surface area contributed by atoms with Crippen molar-refractivity contribution in [3.8, 4) is 5.75 Å². The predicted octanol–water partition coefficient (Wildman–Crippen LogP) is 3.45. The summed E-state index contributed by atoms with van der Waals surface area (Å²) in [6.07, 6.45) is 2.70. The van der Waals surface area contributed by atoms with E-state index in [1.807, 2.05) is 29.2 Å². The average molecular weight is 406 g/mol. The minimum absolute atomic E-state index is 0.0648. The molecule has 2 fully saturated rings. The minimum Gasteiger partial charge on any atom is -0.497 e. The Kier molecular flexibility index (Phi) is 5.63. The Balaban J connectivity index is 1.86. The van der Waals surface area contributed by atoms with Gasteiger partial charge in [0.25, 0.3) is 0 Å². The molecule has 1 saturated carbocycles. The molecule has 0 radical (unpaired) electrons. The molecule has 1 heterocycles. The van der Waals surface area contributed by atoms with E-state index in [0.29, 0.717) is 13.0 Å². The third-order valence-corrected chi connectivity index (χ3v) is 7.88. The van der Waals surface area contributed by atoms with Gasteiger partial charge in [0, 0.05) is 12.6 Å². The van der Waals surface area contributed by atoms with Gasteiger partial charge in [-0.05, 0) is 49.3 Å². The summed E-state index contributed by atoms with van der Waals surface area (Å²) in [7, 11) is -1.45. The van der Waals surface area contributed by atoms with Gasteiger partial charge in [0.15, 0.2) is 9.84 Å². The normalized spacial score (nSPS) is 27.1. The molecule has 154 valence electrons. The number of hydrogen-bond donors (Lipinski definition) is 0. The molecule has 0 spiro atoms. The molecule has 28 heavy (non-hydrogen) atoms. The zero-order valence-electron chi connectivity index (χ0n) is 17.4. The van der Waals surface area contributed by atoms with Crippen LogP contribution in [0.2, 0.25) is 0 Å². The van der Waals surface area contributed by atoms with Gasteiger partial charge in [-0.1, -0.05) is 37.6 Å². The van der Waals surface area contributed by atoms with Gasteiger partial charge in [0.1, 0.15) is 5.75 Å². The summed E-state index contributed by atoms with van der Waals surface area (Å²) in [6, 6.07) is 7.37. The van der Waals surface area contributed by atoms with Crippen LogP contribution in [0.1, 0.15) is 39.7 Å². The standard InChI is InChI=1S/C22H31NO4S/c1-15(2)12-19-20(22(19,3)4)21(24)23(17-10-11-28(25,26)14-17)13-16-6-8-18(27-5)9-7-16/h6-9,12,17,19-20H,10-11,13-14H2,1-5H3. The monoisotopic (exact) mass is 405 g/mol. The Hall–Kier alpha value is -1.82. The van der Waals surface area contributed by atoms with Crippen molar-refractivity contribution in [2.24, 2.45) is 17.3 Å². The molecule has 5 nitrogen and oxygen atoms in total. The van der Waals surface area contributed by atoms with Crippen LogP contribution in [0.5, 0.6) is 5.75 Å². The van der Waals surface area contributed by atoms with Gasteiger partial charge in [0.05, 0.1) is 24.5 Å². The summed E-state index contributed by atoms with van der Waals surface area (Å²) in [4.78, 5) is 15.3. The average Bonchev–Trinajstić information content (AvgIpc) is 2.95. The number of ether oxygens (including phenoxy) is 1. The maximum absolute atomic E-state index is 13.5. The van der Waals surface area contributed by atoms with Crippen LogP contribution in [0.25, 0.3) is 0 Å². The highest BCUT2D eigenvalue weighted by Gasteiger charge is 2.61. The van der Waals surface area contributed by atoms with Crippen molar-refractivity contribution in [1.29, 1.82) is 0 Å². The van der Waals surface area contributed by atoms with Gasteiger partial charge in [-0.15, -0.1) is 0 Å². The first-order chi connectivity index (χ1) is 13.0. The molecule has 2 aliphatic rings. The molecule has 0 N–H and O–H groups in total. The molecule has 1 aromatic carbocycles. The lowest BCUT2D eigenvalue weighted by Crippen LogP contribution is -2.42. The summed E-state index contributed by atoms with van der Waals surface area (Å²) in [5, 5.41) is 0. The van der Waals surface area contributed by atoms with Gasteiger partial charge in [-0.3, -0.25) is 4.79 Å². The number of amides is 1. The fourth-order valence-electron chi connectivity index (χ4n) is 4.33. The van der Waals surface area contributed by atoms with E-state index in [1.54, 1.807) is 7.11 Å². The van der Waals surface area contributed by atoms with E-state index in [1.165, 1.54) is 5.57 Å². The molecule has 1 amide bonds. The number of allylic oxidation sites excluding steroid dienone is 2. The maximum Gasteiger partial charge on any atom is 0.227 e. The van der Waals surface area contributed by atoms with Crippen LogP contribution in [0.15, 0.2) is 35.9 Å². The van der Waals surface area contributed by atoms with E-state index in [2.05, 4.69) is 33.8 Å². The molecule has 6 heteroatoms. The highest BCUT2D eigenvalue weighted by molar-refractivity contribution is 7.91. The van der Waals surface area contributed by atoms with Crippen molar-refractivity contribution in [3.63, 3.8) is 0 Å². The maximum atomic E-state index is 13.5. The number of carbonyl (C=O) groups is 1. The lowest BCUT2D eigenvalue weighted by molar-refractivity contribution is -0.136. The fraction of sp³-hybridized carbons (Fsp3) is 0.591. The van der Waals surface area contributed by atoms with E-state index in [9.17, 15) is 13.2 Å². The zero-order valence-corrected chi connectivity index (χ0v) is 18.3. The van der Waals surface area contributed by atoms with Crippen molar-refractivity contribution >= 4 is 15.7 Å². The highest BCUT2D eigenvalue weighted by atomic mass is 32.2. The smallest absolute Gasteiger partial charge is 0.227 e.